The Balaban J connectivity index is 2.69. The summed E-state index contributed by atoms with van der Waals surface area (Å²) in [5, 5.41) is 4.58. The van der Waals surface area contributed by atoms with Crippen LogP contribution in [0.4, 0.5) is 0 Å². The maximum atomic E-state index is 11.6. The van der Waals surface area contributed by atoms with Crippen molar-refractivity contribution in [2.75, 3.05) is 13.0 Å². The van der Waals surface area contributed by atoms with E-state index in [1.807, 2.05) is 12.3 Å². The van der Waals surface area contributed by atoms with Crippen LogP contribution in [0.25, 0.3) is 0 Å². The molecule has 1 aromatic rings. The fraction of sp³-hybridized carbons (Fsp3) is 0.444. The van der Waals surface area contributed by atoms with Gasteiger partial charge in [-0.3, -0.25) is 4.79 Å². The molecule has 1 unspecified atom stereocenters. The van der Waals surface area contributed by atoms with Gasteiger partial charge in [0, 0.05) is 11.9 Å². The van der Waals surface area contributed by atoms with Crippen molar-refractivity contribution >= 4 is 28.8 Å². The van der Waals surface area contributed by atoms with Crippen LogP contribution >= 0.6 is 22.9 Å². The van der Waals surface area contributed by atoms with Crippen molar-refractivity contribution < 1.29 is 9.53 Å². The zero-order valence-corrected chi connectivity index (χ0v) is 9.61. The number of amides is 1. The first-order valence-corrected chi connectivity index (χ1v) is 5.58. The number of ether oxygens (including phenoxy) is 1. The van der Waals surface area contributed by atoms with Gasteiger partial charge in [-0.05, 0) is 18.4 Å². The smallest absolute Gasteiger partial charge is 0.265 e. The number of alkyl halides is 1. The topological polar surface area (TPSA) is 38.3 Å². The Hall–Kier alpha value is -0.740. The number of carbonyl (C=O) groups excluding carboxylic acids is 1. The summed E-state index contributed by atoms with van der Waals surface area (Å²) in [5.74, 6) is 0.874. The quantitative estimate of drug-likeness (QED) is 0.809. The largest absolute Gasteiger partial charge is 0.495 e. The van der Waals surface area contributed by atoms with E-state index < -0.39 is 0 Å². The third kappa shape index (κ3) is 2.62. The highest BCUT2D eigenvalue weighted by Crippen LogP contribution is 2.24. The lowest BCUT2D eigenvalue weighted by Gasteiger charge is -2.09. The number of methoxy groups -OCH3 is 1. The van der Waals surface area contributed by atoms with Crippen LogP contribution in [-0.2, 0) is 0 Å². The molecule has 0 spiro atoms. The Morgan fingerprint density at radius 1 is 1.79 bits per heavy atom. The molecule has 0 fully saturated rings. The first-order chi connectivity index (χ1) is 6.69. The Morgan fingerprint density at radius 2 is 2.50 bits per heavy atom. The molecule has 0 aromatic carbocycles. The molecule has 0 aliphatic rings. The Morgan fingerprint density at radius 3 is 3.07 bits per heavy atom. The molecule has 1 rings (SSSR count). The molecule has 78 valence electrons. The monoisotopic (exact) mass is 233 g/mol. The van der Waals surface area contributed by atoms with E-state index in [1.165, 1.54) is 11.3 Å². The van der Waals surface area contributed by atoms with Gasteiger partial charge in [0.05, 0.1) is 7.11 Å². The minimum atomic E-state index is -0.134. The molecule has 1 aromatic heterocycles. The summed E-state index contributed by atoms with van der Waals surface area (Å²) in [5.41, 5.74) is 0. The van der Waals surface area contributed by atoms with Crippen molar-refractivity contribution in [3.63, 3.8) is 0 Å². The molecular weight excluding hydrogens is 222 g/mol. The molecule has 0 aliphatic heterocycles. The second-order valence-corrected chi connectivity index (χ2v) is 4.07. The van der Waals surface area contributed by atoms with Crippen LogP contribution in [0.1, 0.15) is 16.6 Å². The number of hydrogen-bond acceptors (Lipinski definition) is 3. The predicted octanol–water partition coefficient (Wildman–Crippen LogP) is 2.11. The molecule has 0 bridgehead atoms. The number of hydrogen-bond donors (Lipinski definition) is 1. The van der Waals surface area contributed by atoms with Gasteiger partial charge in [0.2, 0.25) is 0 Å². The van der Waals surface area contributed by atoms with Gasteiger partial charge in [-0.1, -0.05) is 0 Å². The Labute approximate surface area is 92.0 Å². The lowest BCUT2D eigenvalue weighted by Crippen LogP contribution is -2.33. The molecule has 1 atom stereocenters. The third-order valence-electron chi connectivity index (χ3n) is 1.66. The lowest BCUT2D eigenvalue weighted by atomic mass is 10.3. The minimum Gasteiger partial charge on any atom is -0.495 e. The van der Waals surface area contributed by atoms with Crippen molar-refractivity contribution in [3.05, 3.63) is 16.3 Å². The van der Waals surface area contributed by atoms with E-state index in [0.717, 1.165) is 0 Å². The zero-order valence-electron chi connectivity index (χ0n) is 8.04. The molecule has 0 radical (unpaired) electrons. The molecule has 0 aliphatic carbocycles. The molecule has 0 saturated heterocycles. The van der Waals surface area contributed by atoms with Crippen molar-refractivity contribution in [2.45, 2.75) is 13.0 Å². The van der Waals surface area contributed by atoms with E-state index in [-0.39, 0.29) is 11.9 Å². The lowest BCUT2D eigenvalue weighted by molar-refractivity contribution is 0.0945. The average molecular weight is 234 g/mol. The molecule has 5 heteroatoms. The van der Waals surface area contributed by atoms with Crippen molar-refractivity contribution in [1.82, 2.24) is 5.32 Å². The van der Waals surface area contributed by atoms with Gasteiger partial charge in [0.25, 0.3) is 5.91 Å². The molecule has 14 heavy (non-hydrogen) atoms. The van der Waals surface area contributed by atoms with E-state index in [1.54, 1.807) is 13.2 Å². The maximum Gasteiger partial charge on any atom is 0.265 e. The molecule has 0 saturated carbocycles. The highest BCUT2D eigenvalue weighted by molar-refractivity contribution is 7.12. The van der Waals surface area contributed by atoms with E-state index >= 15 is 0 Å². The van der Waals surface area contributed by atoms with Crippen LogP contribution in [0.15, 0.2) is 11.4 Å². The maximum absolute atomic E-state index is 11.6. The van der Waals surface area contributed by atoms with Gasteiger partial charge in [-0.15, -0.1) is 22.9 Å². The predicted molar refractivity (Wildman–Crippen MR) is 58.5 cm³/mol. The summed E-state index contributed by atoms with van der Waals surface area (Å²) in [6, 6.07) is 1.74. The first-order valence-electron chi connectivity index (χ1n) is 4.17. The van der Waals surface area contributed by atoms with E-state index in [0.29, 0.717) is 16.5 Å². The Bertz CT molecular complexity index is 314. The van der Waals surface area contributed by atoms with Gasteiger partial charge in [0.1, 0.15) is 10.6 Å². The van der Waals surface area contributed by atoms with E-state index in [4.69, 9.17) is 16.3 Å². The summed E-state index contributed by atoms with van der Waals surface area (Å²) in [7, 11) is 1.55. The molecule has 1 N–H and O–H groups in total. The fourth-order valence-corrected chi connectivity index (χ4v) is 1.79. The van der Waals surface area contributed by atoms with Crippen LogP contribution in [-0.4, -0.2) is 24.9 Å². The Kier molecular flexibility index (Phi) is 4.22. The summed E-state index contributed by atoms with van der Waals surface area (Å²) in [6.07, 6.45) is 0. The normalized spacial score (nSPS) is 12.2. The third-order valence-corrected chi connectivity index (χ3v) is 3.02. The molecule has 3 nitrogen and oxygen atoms in total. The second kappa shape index (κ2) is 5.22. The van der Waals surface area contributed by atoms with E-state index in [2.05, 4.69) is 5.32 Å². The highest BCUT2D eigenvalue weighted by Gasteiger charge is 2.15. The van der Waals surface area contributed by atoms with E-state index in [9.17, 15) is 4.79 Å². The van der Waals surface area contributed by atoms with Crippen molar-refractivity contribution in [3.8, 4) is 5.75 Å². The minimum absolute atomic E-state index is 0.0315. The van der Waals surface area contributed by atoms with Gasteiger partial charge in [-0.2, -0.15) is 0 Å². The number of carbonyl (C=O) groups is 1. The van der Waals surface area contributed by atoms with Gasteiger partial charge >= 0.3 is 0 Å². The first kappa shape index (κ1) is 11.3. The summed E-state index contributed by atoms with van der Waals surface area (Å²) in [6.45, 7) is 1.85. The standard InChI is InChI=1S/C9H12ClNO2S/c1-6(5-10)11-9(12)8-7(13-2)3-4-14-8/h3-4,6H,5H2,1-2H3,(H,11,12). The van der Waals surface area contributed by atoms with Crippen LogP contribution < -0.4 is 10.1 Å². The molecular formula is C9H12ClNO2S. The summed E-state index contributed by atoms with van der Waals surface area (Å²) >= 11 is 6.94. The summed E-state index contributed by atoms with van der Waals surface area (Å²) in [4.78, 5) is 12.2. The summed E-state index contributed by atoms with van der Waals surface area (Å²) < 4.78 is 5.04. The van der Waals surface area contributed by atoms with Crippen LogP contribution in [0.2, 0.25) is 0 Å². The number of thiophene rings is 1. The fourth-order valence-electron chi connectivity index (χ4n) is 0.952. The molecule has 1 amide bonds. The average Bonchev–Trinajstić information content (AvgIpc) is 2.65. The van der Waals surface area contributed by atoms with Gasteiger partial charge in [0.15, 0.2) is 0 Å². The van der Waals surface area contributed by atoms with Gasteiger partial charge in [-0.25, -0.2) is 0 Å². The SMILES string of the molecule is COc1ccsc1C(=O)NC(C)CCl. The van der Waals surface area contributed by atoms with Crippen molar-refractivity contribution in [2.24, 2.45) is 0 Å². The van der Waals surface area contributed by atoms with Crippen LogP contribution in [0.3, 0.4) is 0 Å². The van der Waals surface area contributed by atoms with Crippen LogP contribution in [0.5, 0.6) is 5.75 Å². The van der Waals surface area contributed by atoms with Crippen LogP contribution in [0, 0.1) is 0 Å². The van der Waals surface area contributed by atoms with Gasteiger partial charge < -0.3 is 10.1 Å². The zero-order chi connectivity index (χ0) is 10.6. The number of halogens is 1. The number of rotatable bonds is 4. The number of nitrogens with one attached hydrogen (secondary N) is 1. The highest BCUT2D eigenvalue weighted by atomic mass is 35.5. The second-order valence-electron chi connectivity index (χ2n) is 2.85. The van der Waals surface area contributed by atoms with Crippen molar-refractivity contribution in [1.29, 1.82) is 0 Å². The molecule has 1 heterocycles.